The topological polar surface area (TPSA) is 73.2 Å². The van der Waals surface area contributed by atoms with E-state index in [1.807, 2.05) is 56.3 Å². The number of methoxy groups -OCH3 is 1. The Morgan fingerprint density at radius 1 is 1.06 bits per heavy atom. The SMILES string of the molecule is COc1ccccc1-n1c(SCC(=O)Nc2ccc(C)cc2C)nc2ccccc2c1=O. The summed E-state index contributed by atoms with van der Waals surface area (Å²) in [6, 6.07) is 20.3. The number of nitrogens with one attached hydrogen (secondary N) is 1. The van der Waals surface area contributed by atoms with Crippen LogP contribution < -0.4 is 15.6 Å². The molecule has 0 spiro atoms. The number of amides is 1. The molecule has 32 heavy (non-hydrogen) atoms. The first kappa shape index (κ1) is 21.6. The molecule has 0 aliphatic heterocycles. The predicted octanol–water partition coefficient (Wildman–Crippen LogP) is 4.74. The Bertz CT molecular complexity index is 1360. The summed E-state index contributed by atoms with van der Waals surface area (Å²) in [4.78, 5) is 30.7. The number of fused-ring (bicyclic) bond motifs is 1. The van der Waals surface area contributed by atoms with Crippen molar-refractivity contribution in [3.8, 4) is 11.4 Å². The van der Waals surface area contributed by atoms with Crippen LogP contribution in [0, 0.1) is 13.8 Å². The zero-order valence-electron chi connectivity index (χ0n) is 18.1. The third kappa shape index (κ3) is 4.38. The lowest BCUT2D eigenvalue weighted by Crippen LogP contribution is -2.23. The van der Waals surface area contributed by atoms with Gasteiger partial charge in [0.2, 0.25) is 5.91 Å². The molecule has 6 nitrogen and oxygen atoms in total. The second-order valence-corrected chi connectivity index (χ2v) is 8.32. The molecule has 1 heterocycles. The molecule has 3 aromatic carbocycles. The quantitative estimate of drug-likeness (QED) is 0.343. The van der Waals surface area contributed by atoms with E-state index in [0.29, 0.717) is 27.5 Å². The maximum Gasteiger partial charge on any atom is 0.266 e. The largest absolute Gasteiger partial charge is 0.495 e. The molecule has 7 heteroatoms. The van der Waals surface area contributed by atoms with E-state index in [1.54, 1.807) is 31.4 Å². The Morgan fingerprint density at radius 2 is 1.81 bits per heavy atom. The van der Waals surface area contributed by atoms with Gasteiger partial charge in [-0.05, 0) is 49.7 Å². The van der Waals surface area contributed by atoms with E-state index in [-0.39, 0.29) is 17.2 Å². The van der Waals surface area contributed by atoms with Crippen LogP contribution in [0.25, 0.3) is 16.6 Å². The van der Waals surface area contributed by atoms with Gasteiger partial charge >= 0.3 is 0 Å². The summed E-state index contributed by atoms with van der Waals surface area (Å²) in [6.45, 7) is 3.97. The molecule has 1 amide bonds. The fraction of sp³-hybridized carbons (Fsp3) is 0.160. The Balaban J connectivity index is 1.70. The van der Waals surface area contributed by atoms with Crippen molar-refractivity contribution in [2.45, 2.75) is 19.0 Å². The highest BCUT2D eigenvalue weighted by atomic mass is 32.2. The zero-order chi connectivity index (χ0) is 22.7. The number of carbonyl (C=O) groups excluding carboxylic acids is 1. The molecule has 0 radical (unpaired) electrons. The Labute approximate surface area is 190 Å². The van der Waals surface area contributed by atoms with Crippen molar-refractivity contribution >= 4 is 34.3 Å². The van der Waals surface area contributed by atoms with Crippen molar-refractivity contribution in [2.75, 3.05) is 18.2 Å². The molecule has 162 valence electrons. The van der Waals surface area contributed by atoms with Crippen LogP contribution in [0.1, 0.15) is 11.1 Å². The van der Waals surface area contributed by atoms with Crippen LogP contribution >= 0.6 is 11.8 Å². The second kappa shape index (κ2) is 9.28. The Morgan fingerprint density at radius 3 is 2.59 bits per heavy atom. The fourth-order valence-electron chi connectivity index (χ4n) is 3.51. The van der Waals surface area contributed by atoms with Gasteiger partial charge in [0, 0.05) is 5.69 Å². The average Bonchev–Trinajstić information content (AvgIpc) is 2.80. The van der Waals surface area contributed by atoms with Crippen LogP contribution in [0.3, 0.4) is 0 Å². The normalized spacial score (nSPS) is 10.8. The molecular formula is C25H23N3O3S. The summed E-state index contributed by atoms with van der Waals surface area (Å²) in [6.07, 6.45) is 0. The van der Waals surface area contributed by atoms with Gasteiger partial charge in [0.15, 0.2) is 5.16 Å². The Kier molecular flexibility index (Phi) is 6.28. The molecule has 0 aliphatic carbocycles. The van der Waals surface area contributed by atoms with Crippen LogP contribution in [-0.2, 0) is 4.79 Å². The summed E-state index contributed by atoms with van der Waals surface area (Å²) in [7, 11) is 1.56. The molecule has 4 aromatic rings. The average molecular weight is 446 g/mol. The lowest BCUT2D eigenvalue weighted by molar-refractivity contribution is -0.113. The predicted molar refractivity (Wildman–Crippen MR) is 129 cm³/mol. The van der Waals surface area contributed by atoms with Crippen molar-refractivity contribution in [2.24, 2.45) is 0 Å². The lowest BCUT2D eigenvalue weighted by atomic mass is 10.1. The molecule has 0 bridgehead atoms. The number of rotatable bonds is 6. The zero-order valence-corrected chi connectivity index (χ0v) is 18.9. The number of ether oxygens (including phenoxy) is 1. The fourth-order valence-corrected chi connectivity index (χ4v) is 4.31. The van der Waals surface area contributed by atoms with Gasteiger partial charge in [0.05, 0.1) is 29.5 Å². The molecule has 0 atom stereocenters. The van der Waals surface area contributed by atoms with Gasteiger partial charge in [-0.25, -0.2) is 4.98 Å². The van der Waals surface area contributed by atoms with Gasteiger partial charge < -0.3 is 10.1 Å². The Hall–Kier alpha value is -3.58. The molecule has 0 unspecified atom stereocenters. The lowest BCUT2D eigenvalue weighted by Gasteiger charge is -2.16. The molecule has 0 saturated carbocycles. The van der Waals surface area contributed by atoms with Crippen molar-refractivity contribution in [3.63, 3.8) is 0 Å². The van der Waals surface area contributed by atoms with Crippen LogP contribution in [0.4, 0.5) is 5.69 Å². The first-order valence-corrected chi connectivity index (χ1v) is 11.1. The van der Waals surface area contributed by atoms with E-state index in [2.05, 4.69) is 10.3 Å². The number of aryl methyl sites for hydroxylation is 2. The summed E-state index contributed by atoms with van der Waals surface area (Å²) in [5, 5.41) is 3.87. The number of aromatic nitrogens is 2. The van der Waals surface area contributed by atoms with Gasteiger partial charge in [0.25, 0.3) is 5.56 Å². The summed E-state index contributed by atoms with van der Waals surface area (Å²) < 4.78 is 6.98. The number of anilines is 1. The van der Waals surface area contributed by atoms with E-state index in [4.69, 9.17) is 4.74 Å². The minimum absolute atomic E-state index is 0.104. The smallest absolute Gasteiger partial charge is 0.266 e. The highest BCUT2D eigenvalue weighted by Crippen LogP contribution is 2.27. The third-order valence-electron chi connectivity index (χ3n) is 5.06. The van der Waals surface area contributed by atoms with E-state index < -0.39 is 0 Å². The molecule has 0 fully saturated rings. The number of carbonyl (C=O) groups is 1. The molecule has 1 N–H and O–H groups in total. The first-order valence-electron chi connectivity index (χ1n) is 10.1. The van der Waals surface area contributed by atoms with E-state index in [0.717, 1.165) is 16.8 Å². The van der Waals surface area contributed by atoms with Crippen molar-refractivity contribution in [3.05, 3.63) is 88.2 Å². The maximum atomic E-state index is 13.4. The van der Waals surface area contributed by atoms with Crippen molar-refractivity contribution in [1.29, 1.82) is 0 Å². The van der Waals surface area contributed by atoms with Crippen LogP contribution in [0.2, 0.25) is 0 Å². The maximum absolute atomic E-state index is 13.4. The van der Waals surface area contributed by atoms with E-state index in [1.165, 1.54) is 16.3 Å². The number of hydrogen-bond donors (Lipinski definition) is 1. The highest BCUT2D eigenvalue weighted by molar-refractivity contribution is 7.99. The van der Waals surface area contributed by atoms with Gasteiger partial charge in [-0.1, -0.05) is 53.7 Å². The minimum Gasteiger partial charge on any atom is -0.495 e. The van der Waals surface area contributed by atoms with E-state index in [9.17, 15) is 9.59 Å². The van der Waals surface area contributed by atoms with Crippen LogP contribution in [0.5, 0.6) is 5.75 Å². The number of para-hydroxylation sites is 3. The number of benzene rings is 3. The number of hydrogen-bond acceptors (Lipinski definition) is 5. The molecule has 4 rings (SSSR count). The molecule has 1 aromatic heterocycles. The first-order chi connectivity index (χ1) is 15.5. The van der Waals surface area contributed by atoms with Crippen LogP contribution in [-0.4, -0.2) is 28.3 Å². The monoisotopic (exact) mass is 445 g/mol. The second-order valence-electron chi connectivity index (χ2n) is 7.38. The van der Waals surface area contributed by atoms with Gasteiger partial charge in [0.1, 0.15) is 5.75 Å². The molecule has 0 saturated heterocycles. The minimum atomic E-state index is -0.211. The molecule has 0 aliphatic rings. The third-order valence-corrected chi connectivity index (χ3v) is 6.00. The van der Waals surface area contributed by atoms with Gasteiger partial charge in [-0.3, -0.25) is 14.2 Å². The summed E-state index contributed by atoms with van der Waals surface area (Å²) in [5.74, 6) is 0.483. The summed E-state index contributed by atoms with van der Waals surface area (Å²) >= 11 is 1.21. The molecular weight excluding hydrogens is 422 g/mol. The number of nitrogens with zero attached hydrogens (tertiary/aromatic N) is 2. The number of thioether (sulfide) groups is 1. The van der Waals surface area contributed by atoms with Crippen molar-refractivity contribution in [1.82, 2.24) is 9.55 Å². The van der Waals surface area contributed by atoms with Crippen LogP contribution in [0.15, 0.2) is 76.7 Å². The standard InChI is InChI=1S/C25H23N3O3S/c1-16-12-13-19(17(2)14-16)26-23(29)15-32-25-27-20-9-5-4-8-18(20)24(30)28(25)21-10-6-7-11-22(21)31-3/h4-14H,15H2,1-3H3,(H,26,29). The summed E-state index contributed by atoms with van der Waals surface area (Å²) in [5.41, 5.74) is 3.86. The van der Waals surface area contributed by atoms with Gasteiger partial charge in [-0.2, -0.15) is 0 Å². The highest BCUT2D eigenvalue weighted by Gasteiger charge is 2.17. The van der Waals surface area contributed by atoms with Crippen molar-refractivity contribution < 1.29 is 9.53 Å². The van der Waals surface area contributed by atoms with Gasteiger partial charge in [-0.15, -0.1) is 0 Å². The van der Waals surface area contributed by atoms with E-state index >= 15 is 0 Å².